The van der Waals surface area contributed by atoms with Gasteiger partial charge in [-0.3, -0.25) is 0 Å². The van der Waals surface area contributed by atoms with E-state index in [1.54, 1.807) is 0 Å². The number of hydrogen-bond acceptors (Lipinski definition) is 2. The lowest BCUT2D eigenvalue weighted by molar-refractivity contribution is 0.299. The van der Waals surface area contributed by atoms with Crippen LogP contribution < -0.4 is 10.1 Å². The second-order valence-electron chi connectivity index (χ2n) is 5.27. The first-order chi connectivity index (χ1) is 9.69. The summed E-state index contributed by atoms with van der Waals surface area (Å²) in [5.74, 6) is 1.01. The van der Waals surface area contributed by atoms with Crippen LogP contribution in [0.1, 0.15) is 64.5 Å². The van der Waals surface area contributed by atoms with Gasteiger partial charge in [0.15, 0.2) is 0 Å². The molecule has 1 unspecified atom stereocenters. The first-order valence-corrected chi connectivity index (χ1v) is 8.64. The van der Waals surface area contributed by atoms with Crippen molar-refractivity contribution in [1.82, 2.24) is 5.32 Å². The van der Waals surface area contributed by atoms with Crippen LogP contribution in [-0.4, -0.2) is 13.2 Å². The van der Waals surface area contributed by atoms with Crippen molar-refractivity contribution in [1.29, 1.82) is 0 Å². The molecule has 0 saturated carbocycles. The van der Waals surface area contributed by atoms with E-state index in [1.165, 1.54) is 24.8 Å². The minimum atomic E-state index is 0.318. The van der Waals surface area contributed by atoms with Crippen molar-refractivity contribution in [2.75, 3.05) is 13.2 Å². The number of nitrogens with one attached hydrogen (secondary N) is 1. The summed E-state index contributed by atoms with van der Waals surface area (Å²) < 4.78 is 7.09. The van der Waals surface area contributed by atoms with Crippen LogP contribution in [0.5, 0.6) is 5.75 Å². The van der Waals surface area contributed by atoms with E-state index in [9.17, 15) is 0 Å². The molecule has 1 rings (SSSR count). The van der Waals surface area contributed by atoms with Crippen molar-refractivity contribution in [2.24, 2.45) is 0 Å². The summed E-state index contributed by atoms with van der Waals surface area (Å²) in [6.07, 6.45) is 6.10. The van der Waals surface area contributed by atoms with Crippen LogP contribution in [0.4, 0.5) is 0 Å². The predicted octanol–water partition coefficient (Wildman–Crippen LogP) is 5.47. The largest absolute Gasteiger partial charge is 0.493 e. The molecular weight excluding hydrogens is 314 g/mol. The van der Waals surface area contributed by atoms with Gasteiger partial charge < -0.3 is 10.1 Å². The zero-order valence-corrected chi connectivity index (χ0v) is 14.6. The Morgan fingerprint density at radius 3 is 2.65 bits per heavy atom. The number of rotatable bonds is 10. The second kappa shape index (κ2) is 10.2. The summed E-state index contributed by atoms with van der Waals surface area (Å²) in [6, 6.07) is 6.60. The van der Waals surface area contributed by atoms with E-state index in [0.717, 1.165) is 36.2 Å². The molecule has 0 aliphatic rings. The Labute approximate surface area is 132 Å². The summed E-state index contributed by atoms with van der Waals surface area (Å²) in [7, 11) is 0. The molecule has 3 heteroatoms. The van der Waals surface area contributed by atoms with Crippen LogP contribution in [0.25, 0.3) is 0 Å². The molecule has 1 N–H and O–H groups in total. The molecule has 20 heavy (non-hydrogen) atoms. The summed E-state index contributed by atoms with van der Waals surface area (Å²) in [4.78, 5) is 0. The van der Waals surface area contributed by atoms with Gasteiger partial charge in [-0.05, 0) is 44.5 Å². The Hall–Kier alpha value is -0.540. The molecular formula is C17H28BrNO. The first-order valence-electron chi connectivity index (χ1n) is 7.84. The van der Waals surface area contributed by atoms with E-state index in [4.69, 9.17) is 4.74 Å². The minimum absolute atomic E-state index is 0.318. The van der Waals surface area contributed by atoms with Crippen molar-refractivity contribution in [3.8, 4) is 5.75 Å². The van der Waals surface area contributed by atoms with E-state index in [2.05, 4.69) is 60.2 Å². The highest BCUT2D eigenvalue weighted by molar-refractivity contribution is 9.10. The summed E-state index contributed by atoms with van der Waals surface area (Å²) in [6.45, 7) is 8.46. The van der Waals surface area contributed by atoms with Gasteiger partial charge in [0.05, 0.1) is 6.61 Å². The summed E-state index contributed by atoms with van der Waals surface area (Å²) in [5, 5.41) is 3.53. The van der Waals surface area contributed by atoms with E-state index in [1.807, 2.05) is 0 Å². The molecule has 0 aliphatic heterocycles. The first kappa shape index (κ1) is 17.5. The fourth-order valence-corrected chi connectivity index (χ4v) is 2.55. The molecule has 0 bridgehead atoms. The Morgan fingerprint density at radius 2 is 1.95 bits per heavy atom. The van der Waals surface area contributed by atoms with Crippen molar-refractivity contribution in [2.45, 2.75) is 58.9 Å². The third-order valence-corrected chi connectivity index (χ3v) is 3.89. The molecule has 0 spiro atoms. The van der Waals surface area contributed by atoms with Gasteiger partial charge in [0.2, 0.25) is 0 Å². The van der Waals surface area contributed by atoms with Gasteiger partial charge in [0.1, 0.15) is 5.75 Å². The number of hydrogen-bond donors (Lipinski definition) is 1. The average Bonchev–Trinajstić information content (AvgIpc) is 2.45. The van der Waals surface area contributed by atoms with Crippen LogP contribution in [0.2, 0.25) is 0 Å². The van der Waals surface area contributed by atoms with Gasteiger partial charge in [0.25, 0.3) is 0 Å². The Balaban J connectivity index is 2.59. The quantitative estimate of drug-likeness (QED) is 0.569. The third kappa shape index (κ3) is 6.27. The lowest BCUT2D eigenvalue weighted by atomic mass is 10.1. The van der Waals surface area contributed by atoms with Gasteiger partial charge in [-0.1, -0.05) is 49.0 Å². The van der Waals surface area contributed by atoms with Gasteiger partial charge in [0, 0.05) is 16.1 Å². The van der Waals surface area contributed by atoms with Crippen molar-refractivity contribution in [3.63, 3.8) is 0 Å². The Kier molecular flexibility index (Phi) is 8.95. The Bertz CT molecular complexity index is 381. The molecule has 0 saturated heterocycles. The fraction of sp³-hybridized carbons (Fsp3) is 0.647. The smallest absolute Gasteiger partial charge is 0.124 e. The highest BCUT2D eigenvalue weighted by Gasteiger charge is 2.11. The highest BCUT2D eigenvalue weighted by Crippen LogP contribution is 2.28. The normalized spacial score (nSPS) is 12.4. The molecule has 1 atom stereocenters. The van der Waals surface area contributed by atoms with Gasteiger partial charge in [-0.15, -0.1) is 0 Å². The average molecular weight is 342 g/mol. The van der Waals surface area contributed by atoms with Crippen LogP contribution in [0, 0.1) is 0 Å². The van der Waals surface area contributed by atoms with Crippen molar-refractivity contribution >= 4 is 15.9 Å². The lowest BCUT2D eigenvalue weighted by Crippen LogP contribution is -2.20. The van der Waals surface area contributed by atoms with Crippen LogP contribution in [-0.2, 0) is 0 Å². The predicted molar refractivity (Wildman–Crippen MR) is 90.5 cm³/mol. The van der Waals surface area contributed by atoms with Crippen molar-refractivity contribution in [3.05, 3.63) is 28.2 Å². The highest BCUT2D eigenvalue weighted by atomic mass is 79.9. The Morgan fingerprint density at radius 1 is 1.15 bits per heavy atom. The van der Waals surface area contributed by atoms with E-state index < -0.39 is 0 Å². The maximum absolute atomic E-state index is 5.98. The monoisotopic (exact) mass is 341 g/mol. The zero-order valence-electron chi connectivity index (χ0n) is 13.0. The topological polar surface area (TPSA) is 21.3 Å². The number of unbranched alkanes of at least 4 members (excludes halogenated alkanes) is 3. The summed E-state index contributed by atoms with van der Waals surface area (Å²) in [5.41, 5.74) is 1.24. The number of benzene rings is 1. The molecule has 0 radical (unpaired) electrons. The molecule has 0 heterocycles. The maximum Gasteiger partial charge on any atom is 0.124 e. The van der Waals surface area contributed by atoms with E-state index in [-0.39, 0.29) is 0 Å². The van der Waals surface area contributed by atoms with E-state index >= 15 is 0 Å². The van der Waals surface area contributed by atoms with Crippen LogP contribution >= 0.6 is 15.9 Å². The van der Waals surface area contributed by atoms with E-state index in [0.29, 0.717) is 6.04 Å². The zero-order chi connectivity index (χ0) is 14.8. The molecule has 2 nitrogen and oxygen atoms in total. The second-order valence-corrected chi connectivity index (χ2v) is 6.18. The lowest BCUT2D eigenvalue weighted by Gasteiger charge is -2.18. The van der Waals surface area contributed by atoms with Gasteiger partial charge in [-0.2, -0.15) is 0 Å². The molecule has 0 fully saturated rings. The third-order valence-electron chi connectivity index (χ3n) is 3.39. The molecule has 1 aromatic rings. The minimum Gasteiger partial charge on any atom is -0.493 e. The van der Waals surface area contributed by atoms with Crippen molar-refractivity contribution < 1.29 is 4.74 Å². The molecule has 114 valence electrons. The summed E-state index contributed by atoms with van der Waals surface area (Å²) >= 11 is 3.55. The van der Waals surface area contributed by atoms with Gasteiger partial charge in [-0.25, -0.2) is 0 Å². The molecule has 0 aliphatic carbocycles. The maximum atomic E-state index is 5.98. The fourth-order valence-electron chi connectivity index (χ4n) is 2.17. The molecule has 1 aromatic carbocycles. The SMILES string of the molecule is CCCCCCOc1ccc(Br)cc1C(C)NCCC. The van der Waals surface area contributed by atoms with Gasteiger partial charge >= 0.3 is 0 Å². The molecule has 0 aromatic heterocycles. The molecule has 0 amide bonds. The van der Waals surface area contributed by atoms with Crippen LogP contribution in [0.3, 0.4) is 0 Å². The van der Waals surface area contributed by atoms with Crippen LogP contribution in [0.15, 0.2) is 22.7 Å². The number of halogens is 1. The number of ether oxygens (including phenoxy) is 1. The standard InChI is InChI=1S/C17H28BrNO/c1-4-6-7-8-12-20-17-10-9-15(18)13-16(17)14(3)19-11-5-2/h9-10,13-14,19H,4-8,11-12H2,1-3H3.